The normalized spacial score (nSPS) is 18.3. The Labute approximate surface area is 118 Å². The lowest BCUT2D eigenvalue weighted by molar-refractivity contribution is -0.133. The van der Waals surface area contributed by atoms with Crippen LogP contribution >= 0.6 is 11.6 Å². The van der Waals surface area contributed by atoms with Crippen molar-refractivity contribution in [2.45, 2.75) is 6.42 Å². The van der Waals surface area contributed by atoms with Crippen LogP contribution in [0.5, 0.6) is 5.75 Å². The topological polar surface area (TPSA) is 41.6 Å². The van der Waals surface area contributed by atoms with Crippen molar-refractivity contribution in [2.24, 2.45) is 5.92 Å². The van der Waals surface area contributed by atoms with Crippen LogP contribution in [0.15, 0.2) is 24.3 Å². The molecule has 0 bridgehead atoms. The van der Waals surface area contributed by atoms with Crippen molar-refractivity contribution in [2.75, 3.05) is 33.3 Å². The van der Waals surface area contributed by atoms with Gasteiger partial charge in [-0.05, 0) is 31.2 Å². The Morgan fingerprint density at radius 1 is 1.58 bits per heavy atom. The fraction of sp³-hybridized carbons (Fsp3) is 0.500. The highest BCUT2D eigenvalue weighted by atomic mass is 35.5. The number of benzene rings is 1. The van der Waals surface area contributed by atoms with Gasteiger partial charge in [0.05, 0.1) is 12.5 Å². The Balaban J connectivity index is 1.74. The molecule has 1 aliphatic heterocycles. The summed E-state index contributed by atoms with van der Waals surface area (Å²) in [6.07, 6.45) is 0.929. The van der Waals surface area contributed by atoms with E-state index in [2.05, 4.69) is 5.32 Å². The zero-order valence-corrected chi connectivity index (χ0v) is 11.8. The van der Waals surface area contributed by atoms with Gasteiger partial charge in [0.1, 0.15) is 12.4 Å². The van der Waals surface area contributed by atoms with Gasteiger partial charge in [0.15, 0.2) is 0 Å². The Hall–Kier alpha value is -1.26. The van der Waals surface area contributed by atoms with E-state index in [-0.39, 0.29) is 11.8 Å². The summed E-state index contributed by atoms with van der Waals surface area (Å²) in [7, 11) is 1.82. The van der Waals surface area contributed by atoms with E-state index in [1.807, 2.05) is 19.2 Å². The van der Waals surface area contributed by atoms with Gasteiger partial charge in [0, 0.05) is 18.6 Å². The molecule has 5 heteroatoms. The summed E-state index contributed by atoms with van der Waals surface area (Å²) in [4.78, 5) is 13.8. The molecular formula is C14H19ClN2O2. The molecule has 0 aliphatic carbocycles. The molecule has 1 amide bonds. The molecule has 0 spiro atoms. The van der Waals surface area contributed by atoms with Gasteiger partial charge in [-0.25, -0.2) is 0 Å². The quantitative estimate of drug-likeness (QED) is 0.895. The van der Waals surface area contributed by atoms with E-state index in [4.69, 9.17) is 16.3 Å². The van der Waals surface area contributed by atoms with Crippen LogP contribution < -0.4 is 10.1 Å². The predicted molar refractivity (Wildman–Crippen MR) is 75.6 cm³/mol. The van der Waals surface area contributed by atoms with Crippen LogP contribution in [-0.4, -0.2) is 44.1 Å². The number of nitrogens with zero attached hydrogens (tertiary/aromatic N) is 1. The third-order valence-corrected chi connectivity index (χ3v) is 3.51. The van der Waals surface area contributed by atoms with Crippen molar-refractivity contribution in [3.8, 4) is 5.75 Å². The summed E-state index contributed by atoms with van der Waals surface area (Å²) < 4.78 is 5.58. The zero-order chi connectivity index (χ0) is 13.7. The van der Waals surface area contributed by atoms with Gasteiger partial charge in [-0.3, -0.25) is 4.79 Å². The number of hydrogen-bond donors (Lipinski definition) is 1. The van der Waals surface area contributed by atoms with Crippen molar-refractivity contribution >= 4 is 17.5 Å². The largest absolute Gasteiger partial charge is 0.492 e. The molecule has 1 atom stereocenters. The molecule has 19 heavy (non-hydrogen) atoms. The van der Waals surface area contributed by atoms with Gasteiger partial charge in [0.25, 0.3) is 0 Å². The van der Waals surface area contributed by atoms with Crippen LogP contribution in [0.1, 0.15) is 6.42 Å². The van der Waals surface area contributed by atoms with E-state index < -0.39 is 0 Å². The summed E-state index contributed by atoms with van der Waals surface area (Å²) in [5, 5.41) is 3.85. The van der Waals surface area contributed by atoms with E-state index >= 15 is 0 Å². The van der Waals surface area contributed by atoms with E-state index in [1.165, 1.54) is 0 Å². The number of hydrogen-bond acceptors (Lipinski definition) is 3. The average Bonchev–Trinajstić information content (AvgIpc) is 2.91. The summed E-state index contributed by atoms with van der Waals surface area (Å²) in [6.45, 7) is 2.78. The van der Waals surface area contributed by atoms with E-state index in [0.717, 1.165) is 25.3 Å². The molecule has 104 valence electrons. The molecule has 2 rings (SSSR count). The molecule has 1 fully saturated rings. The standard InChI is InChI=1S/C14H19ClN2O2/c1-17(14(18)11-5-6-16-10-11)7-8-19-13-4-2-3-12(15)9-13/h2-4,9,11,16H,5-8,10H2,1H3. The second-order valence-corrected chi connectivity index (χ2v) is 5.19. The highest BCUT2D eigenvalue weighted by Gasteiger charge is 2.24. The molecule has 4 nitrogen and oxygen atoms in total. The molecule has 1 unspecified atom stereocenters. The van der Waals surface area contributed by atoms with Crippen LogP contribution in [0.25, 0.3) is 0 Å². The molecule has 1 N–H and O–H groups in total. The van der Waals surface area contributed by atoms with Gasteiger partial charge in [-0.15, -0.1) is 0 Å². The Kier molecular flexibility index (Phi) is 5.05. The summed E-state index contributed by atoms with van der Waals surface area (Å²) >= 11 is 5.87. The monoisotopic (exact) mass is 282 g/mol. The maximum absolute atomic E-state index is 12.1. The minimum absolute atomic E-state index is 0.121. The third-order valence-electron chi connectivity index (χ3n) is 3.28. The number of ether oxygens (including phenoxy) is 1. The number of carbonyl (C=O) groups is 1. The molecule has 1 aliphatic rings. The second-order valence-electron chi connectivity index (χ2n) is 4.76. The van der Waals surface area contributed by atoms with Crippen LogP contribution in [0.3, 0.4) is 0 Å². The van der Waals surface area contributed by atoms with Gasteiger partial charge in [0.2, 0.25) is 5.91 Å². The minimum atomic E-state index is 0.121. The predicted octanol–water partition coefficient (Wildman–Crippen LogP) is 1.79. The van der Waals surface area contributed by atoms with Crippen LogP contribution in [0, 0.1) is 5.92 Å². The number of nitrogens with one attached hydrogen (secondary N) is 1. The molecule has 0 saturated carbocycles. The maximum Gasteiger partial charge on any atom is 0.226 e. The fourth-order valence-electron chi connectivity index (χ4n) is 2.14. The van der Waals surface area contributed by atoms with Crippen molar-refractivity contribution in [1.82, 2.24) is 10.2 Å². The summed E-state index contributed by atoms with van der Waals surface area (Å²) in [5.41, 5.74) is 0. The lowest BCUT2D eigenvalue weighted by atomic mass is 10.1. The van der Waals surface area contributed by atoms with E-state index in [9.17, 15) is 4.79 Å². The molecule has 1 heterocycles. The average molecular weight is 283 g/mol. The highest BCUT2D eigenvalue weighted by Crippen LogP contribution is 2.17. The number of halogens is 1. The summed E-state index contributed by atoms with van der Waals surface area (Å²) in [6, 6.07) is 7.27. The van der Waals surface area contributed by atoms with Gasteiger partial charge in [-0.1, -0.05) is 17.7 Å². The number of rotatable bonds is 5. The molecule has 0 radical (unpaired) electrons. The van der Waals surface area contributed by atoms with E-state index in [0.29, 0.717) is 18.2 Å². The van der Waals surface area contributed by atoms with Crippen molar-refractivity contribution in [1.29, 1.82) is 0 Å². The van der Waals surface area contributed by atoms with Gasteiger partial charge < -0.3 is 15.0 Å². The molecule has 1 saturated heterocycles. The first-order valence-electron chi connectivity index (χ1n) is 6.51. The summed E-state index contributed by atoms with van der Waals surface area (Å²) in [5.74, 6) is 1.05. The second kappa shape index (κ2) is 6.78. The molecule has 1 aromatic rings. The van der Waals surface area contributed by atoms with Gasteiger partial charge in [-0.2, -0.15) is 0 Å². The molecule has 0 aromatic heterocycles. The van der Waals surface area contributed by atoms with Crippen molar-refractivity contribution < 1.29 is 9.53 Å². The molecule has 1 aromatic carbocycles. The maximum atomic E-state index is 12.1. The molecular weight excluding hydrogens is 264 g/mol. The van der Waals surface area contributed by atoms with E-state index in [1.54, 1.807) is 17.0 Å². The first kappa shape index (κ1) is 14.2. The van der Waals surface area contributed by atoms with Crippen LogP contribution in [-0.2, 0) is 4.79 Å². The van der Waals surface area contributed by atoms with Crippen molar-refractivity contribution in [3.05, 3.63) is 29.3 Å². The van der Waals surface area contributed by atoms with Crippen LogP contribution in [0.2, 0.25) is 5.02 Å². The highest BCUT2D eigenvalue weighted by molar-refractivity contribution is 6.30. The number of likely N-dealkylation sites (N-methyl/N-ethyl adjacent to an activating group) is 1. The smallest absolute Gasteiger partial charge is 0.226 e. The SMILES string of the molecule is CN(CCOc1cccc(Cl)c1)C(=O)C1CCNC1. The first-order chi connectivity index (χ1) is 9.16. The minimum Gasteiger partial charge on any atom is -0.492 e. The number of carbonyl (C=O) groups excluding carboxylic acids is 1. The fourth-order valence-corrected chi connectivity index (χ4v) is 2.32. The zero-order valence-electron chi connectivity index (χ0n) is 11.1. The Bertz CT molecular complexity index is 433. The van der Waals surface area contributed by atoms with Crippen LogP contribution in [0.4, 0.5) is 0 Å². The lowest BCUT2D eigenvalue weighted by Crippen LogP contribution is -2.36. The lowest BCUT2D eigenvalue weighted by Gasteiger charge is -2.20. The van der Waals surface area contributed by atoms with Crippen molar-refractivity contribution in [3.63, 3.8) is 0 Å². The number of amides is 1. The third kappa shape index (κ3) is 4.11. The van der Waals surface area contributed by atoms with Gasteiger partial charge >= 0.3 is 0 Å². The Morgan fingerprint density at radius 2 is 2.42 bits per heavy atom. The first-order valence-corrected chi connectivity index (χ1v) is 6.88. The Morgan fingerprint density at radius 3 is 3.11 bits per heavy atom.